The first-order chi connectivity index (χ1) is 19.6. The van der Waals surface area contributed by atoms with E-state index in [1.807, 2.05) is 0 Å². The molecule has 0 aliphatic heterocycles. The Bertz CT molecular complexity index is 498. The molecule has 0 bridgehead atoms. The number of hydrogen-bond donors (Lipinski definition) is 3. The lowest BCUT2D eigenvalue weighted by atomic mass is 10.0. The lowest BCUT2D eigenvalue weighted by Crippen LogP contribution is -2.37. The maximum absolute atomic E-state index is 12.1. The van der Waals surface area contributed by atoms with E-state index < -0.39 is 12.3 Å². The molecule has 0 radical (unpaired) electrons. The molecule has 4 nitrogen and oxygen atoms in total. The molecule has 0 aromatic carbocycles. The van der Waals surface area contributed by atoms with Crippen molar-refractivity contribution < 1.29 is 15.0 Å². The van der Waals surface area contributed by atoms with Gasteiger partial charge in [0.1, 0.15) is 6.23 Å². The van der Waals surface area contributed by atoms with Crippen molar-refractivity contribution in [3.8, 4) is 0 Å². The Kier molecular flexibility index (Phi) is 32.4. The third kappa shape index (κ3) is 31.9. The van der Waals surface area contributed by atoms with Gasteiger partial charge in [0.25, 0.3) is 0 Å². The van der Waals surface area contributed by atoms with E-state index in [2.05, 4.69) is 19.2 Å². The molecular weight excluding hydrogens is 494 g/mol. The van der Waals surface area contributed by atoms with Crippen molar-refractivity contribution in [1.82, 2.24) is 5.32 Å². The Balaban J connectivity index is 3.39. The summed E-state index contributed by atoms with van der Waals surface area (Å²) in [6.07, 6.45) is 36.8. The summed E-state index contributed by atoms with van der Waals surface area (Å²) in [7, 11) is 0. The van der Waals surface area contributed by atoms with Crippen molar-refractivity contribution in [3.05, 3.63) is 0 Å². The molecule has 40 heavy (non-hydrogen) atoms. The quantitative estimate of drug-likeness (QED) is 0.0545. The fourth-order valence-corrected chi connectivity index (χ4v) is 5.75. The van der Waals surface area contributed by atoms with E-state index in [0.717, 1.165) is 25.7 Å². The molecule has 4 heteroatoms. The minimum atomic E-state index is -0.930. The zero-order valence-electron chi connectivity index (χ0n) is 27.4. The van der Waals surface area contributed by atoms with Crippen molar-refractivity contribution in [3.63, 3.8) is 0 Å². The predicted octanol–water partition coefficient (Wildman–Crippen LogP) is 10.9. The van der Waals surface area contributed by atoms with Crippen LogP contribution in [0.2, 0.25) is 0 Å². The van der Waals surface area contributed by atoms with E-state index in [9.17, 15) is 15.0 Å². The first-order valence-corrected chi connectivity index (χ1v) is 18.3. The predicted molar refractivity (Wildman–Crippen MR) is 175 cm³/mol. The second-order valence-corrected chi connectivity index (χ2v) is 12.7. The molecule has 0 aromatic rings. The fraction of sp³-hybridized carbons (Fsp3) is 0.972. The Labute approximate surface area is 251 Å². The Morgan fingerprint density at radius 1 is 0.475 bits per heavy atom. The first kappa shape index (κ1) is 39.4. The number of aliphatic hydroxyl groups is 2. The number of rotatable bonds is 33. The fourth-order valence-electron chi connectivity index (χ4n) is 5.75. The number of carbonyl (C=O) groups is 1. The molecule has 0 aromatic heterocycles. The zero-order chi connectivity index (χ0) is 29.4. The van der Waals surface area contributed by atoms with Crippen LogP contribution in [0.15, 0.2) is 0 Å². The second kappa shape index (κ2) is 32.9. The molecule has 0 heterocycles. The Morgan fingerprint density at radius 3 is 1.12 bits per heavy atom. The van der Waals surface area contributed by atoms with Gasteiger partial charge < -0.3 is 15.5 Å². The number of hydrogen-bond acceptors (Lipinski definition) is 3. The number of unbranched alkanes of at least 4 members (excludes halogenated alkanes) is 26. The summed E-state index contributed by atoms with van der Waals surface area (Å²) in [5, 5.41) is 23.0. The molecule has 0 fully saturated rings. The van der Waals surface area contributed by atoms with Crippen LogP contribution in [0.25, 0.3) is 0 Å². The van der Waals surface area contributed by atoms with Gasteiger partial charge in [-0.3, -0.25) is 4.79 Å². The smallest absolute Gasteiger partial charge is 0.221 e. The van der Waals surface area contributed by atoms with Gasteiger partial charge in [-0.1, -0.05) is 187 Å². The van der Waals surface area contributed by atoms with Crippen molar-refractivity contribution in [2.24, 2.45) is 0 Å². The van der Waals surface area contributed by atoms with Crippen LogP contribution >= 0.6 is 0 Å². The molecule has 0 saturated carbocycles. The number of amides is 1. The highest BCUT2D eigenvalue weighted by Crippen LogP contribution is 2.15. The van der Waals surface area contributed by atoms with Gasteiger partial charge in [-0.15, -0.1) is 0 Å². The van der Waals surface area contributed by atoms with Crippen molar-refractivity contribution in [1.29, 1.82) is 0 Å². The highest BCUT2D eigenvalue weighted by molar-refractivity contribution is 5.75. The molecule has 0 spiro atoms. The molecular formula is C36H73NO3. The molecule has 0 aliphatic rings. The van der Waals surface area contributed by atoms with Gasteiger partial charge in [0.05, 0.1) is 6.10 Å². The van der Waals surface area contributed by atoms with Crippen LogP contribution in [0, 0.1) is 0 Å². The first-order valence-electron chi connectivity index (χ1n) is 18.3. The van der Waals surface area contributed by atoms with Gasteiger partial charge in [-0.2, -0.15) is 0 Å². The van der Waals surface area contributed by atoms with E-state index >= 15 is 0 Å². The second-order valence-electron chi connectivity index (χ2n) is 12.7. The Hall–Kier alpha value is -0.610. The molecule has 3 N–H and O–H groups in total. The maximum Gasteiger partial charge on any atom is 0.221 e. The average Bonchev–Trinajstić information content (AvgIpc) is 2.93. The minimum Gasteiger partial charge on any atom is -0.393 e. The van der Waals surface area contributed by atoms with Crippen LogP contribution < -0.4 is 5.32 Å². The normalized spacial score (nSPS) is 13.0. The van der Waals surface area contributed by atoms with Crippen molar-refractivity contribution >= 4 is 5.91 Å². The molecule has 2 atom stereocenters. The van der Waals surface area contributed by atoms with Crippen LogP contribution in [-0.4, -0.2) is 28.5 Å². The molecule has 0 aliphatic carbocycles. The van der Waals surface area contributed by atoms with Gasteiger partial charge in [-0.05, 0) is 12.8 Å². The summed E-state index contributed by atoms with van der Waals surface area (Å²) < 4.78 is 0. The average molecular weight is 568 g/mol. The molecule has 1 amide bonds. The van der Waals surface area contributed by atoms with Crippen LogP contribution in [0.5, 0.6) is 0 Å². The number of carbonyl (C=O) groups excluding carboxylic acids is 1. The highest BCUT2D eigenvalue weighted by Gasteiger charge is 2.14. The molecule has 0 saturated heterocycles. The summed E-state index contributed by atoms with van der Waals surface area (Å²) in [5.41, 5.74) is 0. The zero-order valence-corrected chi connectivity index (χ0v) is 27.4. The third-order valence-corrected chi connectivity index (χ3v) is 8.47. The molecule has 240 valence electrons. The van der Waals surface area contributed by atoms with E-state index in [0.29, 0.717) is 12.8 Å². The van der Waals surface area contributed by atoms with E-state index in [-0.39, 0.29) is 12.3 Å². The van der Waals surface area contributed by atoms with Crippen molar-refractivity contribution in [2.45, 2.75) is 225 Å². The van der Waals surface area contributed by atoms with Crippen LogP contribution in [0.4, 0.5) is 0 Å². The van der Waals surface area contributed by atoms with E-state index in [1.54, 1.807) is 0 Å². The third-order valence-electron chi connectivity index (χ3n) is 8.47. The van der Waals surface area contributed by atoms with Gasteiger partial charge >= 0.3 is 0 Å². The summed E-state index contributed by atoms with van der Waals surface area (Å²) in [4.78, 5) is 12.1. The molecule has 0 rings (SSSR count). The lowest BCUT2D eigenvalue weighted by Gasteiger charge is -2.17. The summed E-state index contributed by atoms with van der Waals surface area (Å²) in [6, 6.07) is 0. The van der Waals surface area contributed by atoms with Gasteiger partial charge in [0, 0.05) is 12.8 Å². The Morgan fingerprint density at radius 2 is 0.775 bits per heavy atom. The summed E-state index contributed by atoms with van der Waals surface area (Å²) >= 11 is 0. The van der Waals surface area contributed by atoms with Crippen LogP contribution in [0.1, 0.15) is 213 Å². The van der Waals surface area contributed by atoms with Gasteiger partial charge in [-0.25, -0.2) is 0 Å². The SMILES string of the molecule is CCCCCCCCCCCCCCCCCC(=O)NC(O)C[C@H](O)CCCCCCCCCCCCCCC. The highest BCUT2D eigenvalue weighted by atomic mass is 16.3. The largest absolute Gasteiger partial charge is 0.393 e. The maximum atomic E-state index is 12.1. The summed E-state index contributed by atoms with van der Waals surface area (Å²) in [6.45, 7) is 4.55. The summed E-state index contributed by atoms with van der Waals surface area (Å²) in [5.74, 6) is -0.0876. The van der Waals surface area contributed by atoms with Crippen molar-refractivity contribution in [2.75, 3.05) is 0 Å². The van der Waals surface area contributed by atoms with Gasteiger partial charge in [0.2, 0.25) is 5.91 Å². The lowest BCUT2D eigenvalue weighted by molar-refractivity contribution is -0.124. The topological polar surface area (TPSA) is 69.6 Å². The van der Waals surface area contributed by atoms with Crippen LogP contribution in [-0.2, 0) is 4.79 Å². The van der Waals surface area contributed by atoms with E-state index in [4.69, 9.17) is 0 Å². The van der Waals surface area contributed by atoms with E-state index in [1.165, 1.54) is 154 Å². The van der Waals surface area contributed by atoms with Gasteiger partial charge in [0.15, 0.2) is 0 Å². The molecule has 1 unspecified atom stereocenters. The monoisotopic (exact) mass is 568 g/mol. The minimum absolute atomic E-state index is 0.0876. The van der Waals surface area contributed by atoms with Crippen LogP contribution in [0.3, 0.4) is 0 Å². The number of aliphatic hydroxyl groups excluding tert-OH is 2. The standard InChI is InChI=1S/C36H73NO3/c1-3-5-7-9-11-13-15-17-18-20-22-24-26-28-30-32-35(39)37-36(40)33-34(38)31-29-27-25-23-21-19-16-14-12-10-8-6-4-2/h34,36,38,40H,3-33H2,1-2H3,(H,37,39)/t34-,36?/m1/s1. The number of nitrogens with one attached hydrogen (secondary N) is 1.